The van der Waals surface area contributed by atoms with Gasteiger partial charge in [-0.2, -0.15) is 0 Å². The van der Waals surface area contributed by atoms with E-state index in [9.17, 15) is 9.59 Å². The Morgan fingerprint density at radius 1 is 0.919 bits per heavy atom. The smallest absolute Gasteiger partial charge is 0.290 e. The Hall–Kier alpha value is -3.71. The lowest BCUT2D eigenvalue weighted by atomic mass is 9.97. The molecule has 7 heteroatoms. The summed E-state index contributed by atoms with van der Waals surface area (Å²) in [4.78, 5) is 30.4. The maximum atomic E-state index is 13.8. The molecule has 190 valence electrons. The van der Waals surface area contributed by atoms with E-state index in [1.807, 2.05) is 74.7 Å². The van der Waals surface area contributed by atoms with Crippen molar-refractivity contribution >= 4 is 28.6 Å². The number of carbonyl (C=O) groups excluding carboxylic acids is 1. The molecule has 37 heavy (non-hydrogen) atoms. The van der Waals surface area contributed by atoms with Crippen molar-refractivity contribution in [3.05, 3.63) is 98.4 Å². The van der Waals surface area contributed by atoms with Gasteiger partial charge in [0.15, 0.2) is 16.9 Å². The SMILES string of the molecule is COc1ccc(CCN2C(=O)c3oc4cc(C)c(C)cc4c(=O)c3C2c2ccc(SC)cc2)cc1OC. The van der Waals surface area contributed by atoms with Crippen LogP contribution in [0, 0.1) is 13.8 Å². The molecule has 4 aromatic rings. The van der Waals surface area contributed by atoms with Crippen LogP contribution in [0.3, 0.4) is 0 Å². The summed E-state index contributed by atoms with van der Waals surface area (Å²) in [6, 6.07) is 16.9. The van der Waals surface area contributed by atoms with Crippen LogP contribution >= 0.6 is 11.8 Å². The highest BCUT2D eigenvalue weighted by molar-refractivity contribution is 7.98. The number of ether oxygens (including phenoxy) is 2. The van der Waals surface area contributed by atoms with E-state index in [-0.39, 0.29) is 17.1 Å². The number of rotatable bonds is 7. The first kappa shape index (κ1) is 25.0. The second-order valence-corrected chi connectivity index (χ2v) is 10.1. The Balaban J connectivity index is 1.60. The van der Waals surface area contributed by atoms with Crippen molar-refractivity contribution in [3.63, 3.8) is 0 Å². The summed E-state index contributed by atoms with van der Waals surface area (Å²) in [7, 11) is 3.20. The molecule has 0 bridgehead atoms. The average Bonchev–Trinajstić information content (AvgIpc) is 3.19. The fourth-order valence-corrected chi connectivity index (χ4v) is 5.33. The van der Waals surface area contributed by atoms with Gasteiger partial charge in [-0.05, 0) is 85.2 Å². The molecular formula is C30H29NO5S. The molecule has 1 unspecified atom stereocenters. The molecule has 1 aliphatic heterocycles. The molecule has 1 amide bonds. The van der Waals surface area contributed by atoms with E-state index in [4.69, 9.17) is 13.9 Å². The van der Waals surface area contributed by atoms with Gasteiger partial charge in [-0.3, -0.25) is 9.59 Å². The molecule has 1 aliphatic rings. The summed E-state index contributed by atoms with van der Waals surface area (Å²) in [6.45, 7) is 4.34. The fourth-order valence-electron chi connectivity index (χ4n) is 4.92. The number of fused-ring (bicyclic) bond motifs is 2. The van der Waals surface area contributed by atoms with Crippen molar-refractivity contribution in [2.45, 2.75) is 31.2 Å². The number of amides is 1. The molecule has 5 rings (SSSR count). The maximum absolute atomic E-state index is 13.8. The van der Waals surface area contributed by atoms with Crippen molar-refractivity contribution in [2.75, 3.05) is 27.0 Å². The molecule has 6 nitrogen and oxygen atoms in total. The minimum absolute atomic E-state index is 0.131. The first-order chi connectivity index (χ1) is 17.9. The Labute approximate surface area is 220 Å². The van der Waals surface area contributed by atoms with E-state index in [0.717, 1.165) is 27.1 Å². The monoisotopic (exact) mass is 515 g/mol. The standard InChI is InChI=1S/C30H29NO5S/c1-17-14-22-24(15-18(17)2)36-29-26(28(22)32)27(20-7-9-21(37-5)10-8-20)31(30(29)33)13-12-19-6-11-23(34-3)25(16-19)35-4/h6-11,14-16,27H,12-13H2,1-5H3. The third-order valence-corrected chi connectivity index (χ3v) is 7.85. The van der Waals surface area contributed by atoms with Crippen LogP contribution in [0.5, 0.6) is 11.5 Å². The summed E-state index contributed by atoms with van der Waals surface area (Å²) in [5, 5.41) is 0.502. The van der Waals surface area contributed by atoms with Gasteiger partial charge < -0.3 is 18.8 Å². The number of aryl methyl sites for hydroxylation is 2. The lowest BCUT2D eigenvalue weighted by Crippen LogP contribution is -2.31. The van der Waals surface area contributed by atoms with E-state index in [0.29, 0.717) is 41.0 Å². The lowest BCUT2D eigenvalue weighted by Gasteiger charge is -2.25. The van der Waals surface area contributed by atoms with E-state index in [1.54, 1.807) is 30.9 Å². The predicted octanol–water partition coefficient (Wildman–Crippen LogP) is 5.94. The highest BCUT2D eigenvalue weighted by Crippen LogP contribution is 2.39. The second kappa shape index (κ2) is 9.98. The summed E-state index contributed by atoms with van der Waals surface area (Å²) >= 11 is 1.65. The minimum atomic E-state index is -0.527. The van der Waals surface area contributed by atoms with Crippen molar-refractivity contribution < 1.29 is 18.7 Å². The number of nitrogens with zero attached hydrogens (tertiary/aromatic N) is 1. The topological polar surface area (TPSA) is 69.0 Å². The quantitative estimate of drug-likeness (QED) is 0.284. The van der Waals surface area contributed by atoms with Crippen LogP contribution < -0.4 is 14.9 Å². The van der Waals surface area contributed by atoms with Gasteiger partial charge in [0.25, 0.3) is 5.91 Å². The number of thioether (sulfide) groups is 1. The molecule has 0 fully saturated rings. The molecule has 0 saturated carbocycles. The molecular weight excluding hydrogens is 486 g/mol. The number of carbonyl (C=O) groups is 1. The van der Waals surface area contributed by atoms with Crippen LogP contribution in [0.15, 0.2) is 68.7 Å². The molecule has 3 aromatic carbocycles. The zero-order valence-corrected chi connectivity index (χ0v) is 22.4. The van der Waals surface area contributed by atoms with Gasteiger partial charge in [-0.1, -0.05) is 18.2 Å². The van der Waals surface area contributed by atoms with Gasteiger partial charge in [-0.15, -0.1) is 11.8 Å². The number of hydrogen-bond donors (Lipinski definition) is 0. The Morgan fingerprint density at radius 2 is 1.62 bits per heavy atom. The molecule has 1 aromatic heterocycles. The van der Waals surface area contributed by atoms with Gasteiger partial charge in [-0.25, -0.2) is 0 Å². The largest absolute Gasteiger partial charge is 0.493 e. The Bertz CT molecular complexity index is 1560. The molecule has 0 spiro atoms. The number of methoxy groups -OCH3 is 2. The van der Waals surface area contributed by atoms with Crippen LogP contribution in [0.1, 0.15) is 44.4 Å². The minimum Gasteiger partial charge on any atom is -0.493 e. The Kier molecular flexibility index (Phi) is 6.73. The van der Waals surface area contributed by atoms with Gasteiger partial charge in [0.05, 0.1) is 31.2 Å². The summed E-state index contributed by atoms with van der Waals surface area (Å²) < 4.78 is 16.9. The van der Waals surface area contributed by atoms with Gasteiger partial charge >= 0.3 is 0 Å². The van der Waals surface area contributed by atoms with Crippen LogP contribution in [0.4, 0.5) is 0 Å². The third-order valence-electron chi connectivity index (χ3n) is 7.10. The van der Waals surface area contributed by atoms with E-state index < -0.39 is 6.04 Å². The van der Waals surface area contributed by atoms with Crippen molar-refractivity contribution in [1.82, 2.24) is 4.90 Å². The number of benzene rings is 3. The average molecular weight is 516 g/mol. The normalized spacial score (nSPS) is 14.8. The summed E-state index contributed by atoms with van der Waals surface area (Å²) in [5.41, 5.74) is 4.59. The van der Waals surface area contributed by atoms with Crippen molar-refractivity contribution in [2.24, 2.45) is 0 Å². The fraction of sp³-hybridized carbons (Fsp3) is 0.267. The highest BCUT2D eigenvalue weighted by atomic mass is 32.2. The summed E-state index contributed by atoms with van der Waals surface area (Å²) in [5.74, 6) is 1.14. The van der Waals surface area contributed by atoms with Crippen LogP contribution in [0.2, 0.25) is 0 Å². The third kappa shape index (κ3) is 4.37. The lowest BCUT2D eigenvalue weighted by molar-refractivity contribution is 0.0730. The first-order valence-electron chi connectivity index (χ1n) is 12.1. The summed E-state index contributed by atoms with van der Waals surface area (Å²) in [6.07, 6.45) is 2.59. The zero-order valence-electron chi connectivity index (χ0n) is 21.6. The molecule has 0 radical (unpaired) electrons. The number of hydrogen-bond acceptors (Lipinski definition) is 6. The van der Waals surface area contributed by atoms with E-state index in [2.05, 4.69) is 0 Å². The molecule has 0 saturated heterocycles. The van der Waals surface area contributed by atoms with Gasteiger partial charge in [0.2, 0.25) is 5.76 Å². The van der Waals surface area contributed by atoms with E-state index >= 15 is 0 Å². The van der Waals surface area contributed by atoms with Gasteiger partial charge in [0, 0.05) is 11.4 Å². The van der Waals surface area contributed by atoms with Crippen molar-refractivity contribution in [3.8, 4) is 11.5 Å². The Morgan fingerprint density at radius 3 is 2.30 bits per heavy atom. The van der Waals surface area contributed by atoms with Crippen LogP contribution in [0.25, 0.3) is 11.0 Å². The zero-order chi connectivity index (χ0) is 26.3. The van der Waals surface area contributed by atoms with Crippen LogP contribution in [-0.2, 0) is 6.42 Å². The predicted molar refractivity (Wildman–Crippen MR) is 146 cm³/mol. The van der Waals surface area contributed by atoms with Crippen molar-refractivity contribution in [1.29, 1.82) is 0 Å². The highest BCUT2D eigenvalue weighted by Gasteiger charge is 2.42. The first-order valence-corrected chi connectivity index (χ1v) is 13.3. The molecule has 1 atom stereocenters. The van der Waals surface area contributed by atoms with Gasteiger partial charge in [0.1, 0.15) is 5.58 Å². The second-order valence-electron chi connectivity index (χ2n) is 9.22. The van der Waals surface area contributed by atoms with Crippen LogP contribution in [-0.4, -0.2) is 37.8 Å². The van der Waals surface area contributed by atoms with E-state index in [1.165, 1.54) is 0 Å². The molecule has 0 aliphatic carbocycles. The molecule has 2 heterocycles. The molecule has 0 N–H and O–H groups in total. The maximum Gasteiger partial charge on any atom is 0.290 e.